The number of rotatable bonds is 6. The Morgan fingerprint density at radius 1 is 1.39 bits per heavy atom. The lowest BCUT2D eigenvalue weighted by molar-refractivity contribution is 0.0599. The van der Waals surface area contributed by atoms with Crippen LogP contribution >= 0.6 is 12.2 Å². The second kappa shape index (κ2) is 9.16. The molecule has 7 nitrogen and oxygen atoms in total. The molecule has 2 aromatic rings. The number of esters is 1. The van der Waals surface area contributed by atoms with Crippen molar-refractivity contribution in [3.8, 4) is 0 Å². The van der Waals surface area contributed by atoms with Crippen molar-refractivity contribution in [3.05, 3.63) is 46.8 Å². The standard InChI is InChI=1S/C20H26N4O3S/c1-13-18(22-20(28)21-11-16-8-6-10-27-16)14(2)24(23-13)12-15-7-4-5-9-17(15)19(25)26-3/h4-5,7,9,16H,6,8,10-12H2,1-3H3,(H2,21,22,28). The Bertz CT molecular complexity index is 859. The second-order valence-corrected chi connectivity index (χ2v) is 7.23. The van der Waals surface area contributed by atoms with E-state index in [0.717, 1.165) is 42.1 Å². The van der Waals surface area contributed by atoms with Crippen LogP contribution in [0.2, 0.25) is 0 Å². The van der Waals surface area contributed by atoms with Gasteiger partial charge in [0.15, 0.2) is 5.11 Å². The summed E-state index contributed by atoms with van der Waals surface area (Å²) in [7, 11) is 1.38. The maximum Gasteiger partial charge on any atom is 0.338 e. The first-order valence-corrected chi connectivity index (χ1v) is 9.77. The fourth-order valence-corrected chi connectivity index (χ4v) is 3.52. The highest BCUT2D eigenvalue weighted by Gasteiger charge is 2.18. The minimum Gasteiger partial charge on any atom is -0.465 e. The third-order valence-electron chi connectivity index (χ3n) is 4.88. The summed E-state index contributed by atoms with van der Waals surface area (Å²) in [6, 6.07) is 7.39. The summed E-state index contributed by atoms with van der Waals surface area (Å²) in [5.41, 5.74) is 4.06. The summed E-state index contributed by atoms with van der Waals surface area (Å²) in [6.07, 6.45) is 2.38. The number of ether oxygens (including phenoxy) is 2. The van der Waals surface area contributed by atoms with Crippen molar-refractivity contribution in [2.24, 2.45) is 0 Å². The smallest absolute Gasteiger partial charge is 0.338 e. The molecule has 1 aliphatic heterocycles. The lowest BCUT2D eigenvalue weighted by Crippen LogP contribution is -2.35. The Kier molecular flexibility index (Phi) is 6.64. The second-order valence-electron chi connectivity index (χ2n) is 6.82. The van der Waals surface area contributed by atoms with Crippen LogP contribution in [-0.4, -0.2) is 47.2 Å². The number of anilines is 1. The Morgan fingerprint density at radius 2 is 2.18 bits per heavy atom. The number of aromatic nitrogens is 2. The average Bonchev–Trinajstić information content (AvgIpc) is 3.30. The molecule has 28 heavy (non-hydrogen) atoms. The molecule has 1 aromatic carbocycles. The van der Waals surface area contributed by atoms with Gasteiger partial charge in [-0.25, -0.2) is 4.79 Å². The first-order chi connectivity index (χ1) is 13.5. The monoisotopic (exact) mass is 402 g/mol. The van der Waals surface area contributed by atoms with Crippen molar-refractivity contribution in [1.82, 2.24) is 15.1 Å². The predicted octanol–water partition coefficient (Wildman–Crippen LogP) is 2.80. The molecule has 1 aliphatic rings. The maximum absolute atomic E-state index is 12.0. The number of benzene rings is 1. The SMILES string of the molecule is COC(=O)c1ccccc1Cn1nc(C)c(NC(=S)NCC2CCCO2)c1C. The average molecular weight is 403 g/mol. The number of nitrogens with zero attached hydrogens (tertiary/aromatic N) is 2. The van der Waals surface area contributed by atoms with Crippen LogP contribution in [0.1, 0.15) is 40.2 Å². The van der Waals surface area contributed by atoms with Gasteiger partial charge in [0.2, 0.25) is 0 Å². The molecule has 2 N–H and O–H groups in total. The van der Waals surface area contributed by atoms with Gasteiger partial charge in [-0.3, -0.25) is 4.68 Å². The van der Waals surface area contributed by atoms with E-state index in [1.807, 2.05) is 36.7 Å². The van der Waals surface area contributed by atoms with Gasteiger partial charge in [0.1, 0.15) is 0 Å². The molecule has 150 valence electrons. The largest absolute Gasteiger partial charge is 0.465 e. The van der Waals surface area contributed by atoms with Crippen molar-refractivity contribution >= 4 is 29.0 Å². The van der Waals surface area contributed by atoms with E-state index in [2.05, 4.69) is 15.7 Å². The van der Waals surface area contributed by atoms with Crippen LogP contribution in [0.3, 0.4) is 0 Å². The quantitative estimate of drug-likeness (QED) is 0.568. The zero-order chi connectivity index (χ0) is 20.1. The first kappa shape index (κ1) is 20.3. The van der Waals surface area contributed by atoms with E-state index in [0.29, 0.717) is 23.8 Å². The molecule has 3 rings (SSSR count). The molecule has 8 heteroatoms. The van der Waals surface area contributed by atoms with E-state index in [9.17, 15) is 4.79 Å². The van der Waals surface area contributed by atoms with Gasteiger partial charge in [-0.15, -0.1) is 0 Å². The topological polar surface area (TPSA) is 77.4 Å². The number of nitrogens with one attached hydrogen (secondary N) is 2. The van der Waals surface area contributed by atoms with E-state index < -0.39 is 0 Å². The number of methoxy groups -OCH3 is 1. The van der Waals surface area contributed by atoms with Crippen LogP contribution in [0.15, 0.2) is 24.3 Å². The van der Waals surface area contributed by atoms with Crippen molar-refractivity contribution in [2.45, 2.75) is 39.3 Å². The van der Waals surface area contributed by atoms with Crippen LogP contribution in [-0.2, 0) is 16.0 Å². The minimum absolute atomic E-state index is 0.222. The van der Waals surface area contributed by atoms with Gasteiger partial charge in [0, 0.05) is 13.2 Å². The van der Waals surface area contributed by atoms with E-state index in [4.69, 9.17) is 21.7 Å². The van der Waals surface area contributed by atoms with Crippen molar-refractivity contribution in [1.29, 1.82) is 0 Å². The van der Waals surface area contributed by atoms with Crippen LogP contribution in [0.25, 0.3) is 0 Å². The fraction of sp³-hybridized carbons (Fsp3) is 0.450. The van der Waals surface area contributed by atoms with Gasteiger partial charge >= 0.3 is 5.97 Å². The van der Waals surface area contributed by atoms with Crippen LogP contribution in [0.4, 0.5) is 5.69 Å². The summed E-state index contributed by atoms with van der Waals surface area (Å²) >= 11 is 5.42. The Hall–Kier alpha value is -2.45. The van der Waals surface area contributed by atoms with Crippen LogP contribution in [0.5, 0.6) is 0 Å². The molecule has 0 bridgehead atoms. The molecule has 1 atom stereocenters. The maximum atomic E-state index is 12.0. The zero-order valence-corrected chi connectivity index (χ0v) is 17.3. The van der Waals surface area contributed by atoms with Crippen LogP contribution < -0.4 is 10.6 Å². The Balaban J connectivity index is 1.70. The Morgan fingerprint density at radius 3 is 2.89 bits per heavy atom. The predicted molar refractivity (Wildman–Crippen MR) is 112 cm³/mol. The van der Waals surface area contributed by atoms with Gasteiger partial charge in [0.25, 0.3) is 0 Å². The highest BCUT2D eigenvalue weighted by Crippen LogP contribution is 2.21. The van der Waals surface area contributed by atoms with Gasteiger partial charge in [-0.05, 0) is 50.5 Å². The van der Waals surface area contributed by atoms with E-state index in [1.54, 1.807) is 6.07 Å². The molecule has 0 spiro atoms. The molecular formula is C20H26N4O3S. The van der Waals surface area contributed by atoms with Gasteiger partial charge < -0.3 is 20.1 Å². The third-order valence-corrected chi connectivity index (χ3v) is 5.12. The molecule has 0 aliphatic carbocycles. The van der Waals surface area contributed by atoms with E-state index in [-0.39, 0.29) is 12.1 Å². The molecule has 2 heterocycles. The molecule has 1 saturated heterocycles. The molecule has 0 saturated carbocycles. The number of hydrogen-bond donors (Lipinski definition) is 2. The Labute approximate surface area is 170 Å². The summed E-state index contributed by atoms with van der Waals surface area (Å²) in [5, 5.41) is 11.6. The van der Waals surface area contributed by atoms with Crippen molar-refractivity contribution in [2.75, 3.05) is 25.6 Å². The number of thiocarbonyl (C=S) groups is 1. The lowest BCUT2D eigenvalue weighted by Gasteiger charge is -2.14. The van der Waals surface area contributed by atoms with Crippen LogP contribution in [0, 0.1) is 13.8 Å². The third kappa shape index (κ3) is 4.69. The van der Waals surface area contributed by atoms with Crippen molar-refractivity contribution < 1.29 is 14.3 Å². The molecule has 1 unspecified atom stereocenters. The van der Waals surface area contributed by atoms with Gasteiger partial charge in [-0.2, -0.15) is 5.10 Å². The number of carbonyl (C=O) groups is 1. The van der Waals surface area contributed by atoms with E-state index >= 15 is 0 Å². The normalized spacial score (nSPS) is 16.0. The lowest BCUT2D eigenvalue weighted by atomic mass is 10.1. The summed E-state index contributed by atoms with van der Waals surface area (Å²) in [6.45, 7) is 5.90. The molecule has 1 fully saturated rings. The molecule has 0 radical (unpaired) electrons. The highest BCUT2D eigenvalue weighted by molar-refractivity contribution is 7.80. The van der Waals surface area contributed by atoms with Gasteiger partial charge in [-0.1, -0.05) is 18.2 Å². The molecule has 0 amide bonds. The molecular weight excluding hydrogens is 376 g/mol. The fourth-order valence-electron chi connectivity index (χ4n) is 3.33. The van der Waals surface area contributed by atoms with E-state index in [1.165, 1.54) is 7.11 Å². The highest BCUT2D eigenvalue weighted by atomic mass is 32.1. The zero-order valence-electron chi connectivity index (χ0n) is 16.4. The minimum atomic E-state index is -0.352. The summed E-state index contributed by atoms with van der Waals surface area (Å²) in [5.74, 6) is -0.352. The summed E-state index contributed by atoms with van der Waals surface area (Å²) < 4.78 is 12.3. The first-order valence-electron chi connectivity index (χ1n) is 9.36. The van der Waals surface area contributed by atoms with Gasteiger partial charge in [0.05, 0.1) is 42.4 Å². The van der Waals surface area contributed by atoms with Crippen molar-refractivity contribution in [3.63, 3.8) is 0 Å². The summed E-state index contributed by atoms with van der Waals surface area (Å²) in [4.78, 5) is 12.0. The number of hydrogen-bond acceptors (Lipinski definition) is 5. The number of carbonyl (C=O) groups excluding carboxylic acids is 1. The molecule has 1 aromatic heterocycles. The number of aryl methyl sites for hydroxylation is 1.